The van der Waals surface area contributed by atoms with Gasteiger partial charge in [0.1, 0.15) is 5.75 Å². The first-order valence-corrected chi connectivity index (χ1v) is 7.60. The maximum atomic E-state index is 12.3. The summed E-state index contributed by atoms with van der Waals surface area (Å²) in [6.45, 7) is 0.835. The van der Waals surface area contributed by atoms with Gasteiger partial charge in [0.05, 0.1) is 0 Å². The van der Waals surface area contributed by atoms with Crippen molar-refractivity contribution in [2.75, 3.05) is 18.4 Å². The van der Waals surface area contributed by atoms with Crippen LogP contribution in [0.25, 0.3) is 0 Å². The Morgan fingerprint density at radius 2 is 2.14 bits per heavy atom. The number of ether oxygens (including phenoxy) is 1. The van der Waals surface area contributed by atoms with Gasteiger partial charge in [0.2, 0.25) is 5.91 Å². The number of nitrogens with one attached hydrogen (secondary N) is 2. The van der Waals surface area contributed by atoms with Crippen LogP contribution in [0.2, 0.25) is 0 Å². The Hall–Kier alpha value is -1.69. The fraction of sp³-hybridized carbons (Fsp3) is 0.562. The number of benzene rings is 1. The fourth-order valence-electron chi connectivity index (χ4n) is 2.63. The average Bonchev–Trinajstić information content (AvgIpc) is 2.49. The van der Waals surface area contributed by atoms with Crippen LogP contribution in [0.1, 0.15) is 31.2 Å². The van der Waals surface area contributed by atoms with Crippen LogP contribution in [0.5, 0.6) is 5.75 Å². The smallest absolute Gasteiger partial charge is 0.387 e. The maximum Gasteiger partial charge on any atom is 0.387 e. The highest BCUT2D eigenvalue weighted by atomic mass is 19.3. The predicted molar refractivity (Wildman–Crippen MR) is 81.3 cm³/mol. The quantitative estimate of drug-likeness (QED) is 0.847. The molecular formula is C16H22F2N2O2. The lowest BCUT2D eigenvalue weighted by molar-refractivity contribution is -0.116. The molecule has 0 unspecified atom stereocenters. The summed E-state index contributed by atoms with van der Waals surface area (Å²) in [4.78, 5) is 12.0. The molecule has 1 heterocycles. The zero-order valence-corrected chi connectivity index (χ0v) is 12.7. The van der Waals surface area contributed by atoms with Crippen molar-refractivity contribution >= 4 is 11.6 Å². The molecule has 1 amide bonds. The van der Waals surface area contributed by atoms with E-state index < -0.39 is 6.61 Å². The minimum Gasteiger partial charge on any atom is -0.434 e. The van der Waals surface area contributed by atoms with E-state index >= 15 is 0 Å². The second-order valence-electron chi connectivity index (χ2n) is 5.64. The number of aryl methyl sites for hydroxylation is 1. The van der Waals surface area contributed by atoms with Crippen molar-refractivity contribution < 1.29 is 18.3 Å². The Bertz CT molecular complexity index is 503. The molecule has 0 bridgehead atoms. The van der Waals surface area contributed by atoms with Crippen molar-refractivity contribution in [3.63, 3.8) is 0 Å². The van der Waals surface area contributed by atoms with Crippen molar-refractivity contribution in [1.29, 1.82) is 0 Å². The Kier molecular flexibility index (Phi) is 6.12. The number of halogens is 2. The minimum atomic E-state index is -2.87. The highest BCUT2D eigenvalue weighted by molar-refractivity contribution is 5.90. The molecule has 0 radical (unpaired) electrons. The van der Waals surface area contributed by atoms with E-state index in [9.17, 15) is 13.6 Å². The van der Waals surface area contributed by atoms with Crippen LogP contribution in [0.3, 0.4) is 0 Å². The van der Waals surface area contributed by atoms with Crippen molar-refractivity contribution in [1.82, 2.24) is 5.32 Å². The number of alkyl halides is 2. The second kappa shape index (κ2) is 8.08. The lowest BCUT2D eigenvalue weighted by Gasteiger charge is -2.22. The Morgan fingerprint density at radius 3 is 2.82 bits per heavy atom. The van der Waals surface area contributed by atoms with E-state index in [1.807, 2.05) is 0 Å². The van der Waals surface area contributed by atoms with Gasteiger partial charge in [-0.2, -0.15) is 8.78 Å². The molecule has 1 aromatic rings. The molecule has 2 N–H and O–H groups in total. The Balaban J connectivity index is 1.85. The molecule has 1 aliphatic rings. The molecule has 0 spiro atoms. The summed E-state index contributed by atoms with van der Waals surface area (Å²) >= 11 is 0. The Morgan fingerprint density at radius 1 is 1.41 bits per heavy atom. The van der Waals surface area contributed by atoms with E-state index in [1.54, 1.807) is 19.1 Å². The summed E-state index contributed by atoms with van der Waals surface area (Å²) in [5.74, 6) is 0.583. The van der Waals surface area contributed by atoms with Gasteiger partial charge in [-0.3, -0.25) is 4.79 Å². The highest BCUT2D eigenvalue weighted by Gasteiger charge is 2.15. The standard InChI is InChI=1S/C16H22F2N2O2/c1-11-2-4-13(10-14(11)22-16(17)18)20-15(21)5-3-12-6-8-19-9-7-12/h2,4,10,12,16,19H,3,5-9H2,1H3,(H,20,21). The number of piperidine rings is 1. The number of carbonyl (C=O) groups is 1. The summed E-state index contributed by atoms with van der Waals surface area (Å²) in [6, 6.07) is 4.78. The van der Waals surface area contributed by atoms with Gasteiger partial charge in [-0.1, -0.05) is 6.07 Å². The minimum absolute atomic E-state index is 0.0890. The Labute approximate surface area is 129 Å². The first-order chi connectivity index (χ1) is 10.5. The van der Waals surface area contributed by atoms with E-state index in [0.717, 1.165) is 32.4 Å². The van der Waals surface area contributed by atoms with Crippen LogP contribution in [0, 0.1) is 12.8 Å². The van der Waals surface area contributed by atoms with Gasteiger partial charge < -0.3 is 15.4 Å². The van der Waals surface area contributed by atoms with Crippen LogP contribution >= 0.6 is 0 Å². The summed E-state index contributed by atoms with van der Waals surface area (Å²) in [5.41, 5.74) is 1.09. The lowest BCUT2D eigenvalue weighted by Crippen LogP contribution is -2.28. The monoisotopic (exact) mass is 312 g/mol. The number of anilines is 1. The highest BCUT2D eigenvalue weighted by Crippen LogP contribution is 2.25. The van der Waals surface area contributed by atoms with Crippen molar-refractivity contribution in [2.45, 2.75) is 39.2 Å². The van der Waals surface area contributed by atoms with Crippen LogP contribution in [-0.2, 0) is 4.79 Å². The molecule has 22 heavy (non-hydrogen) atoms. The summed E-state index contributed by atoms with van der Waals surface area (Å²) in [7, 11) is 0. The number of rotatable bonds is 6. The number of carbonyl (C=O) groups excluding carboxylic acids is 1. The first-order valence-electron chi connectivity index (χ1n) is 7.60. The molecule has 1 aromatic carbocycles. The van der Waals surface area contributed by atoms with Gasteiger partial charge in [0.15, 0.2) is 0 Å². The topological polar surface area (TPSA) is 50.4 Å². The predicted octanol–water partition coefficient (Wildman–Crippen LogP) is 3.31. The lowest BCUT2D eigenvalue weighted by atomic mass is 9.93. The molecule has 0 aromatic heterocycles. The van der Waals surface area contributed by atoms with E-state index in [1.165, 1.54) is 6.07 Å². The van der Waals surface area contributed by atoms with E-state index in [0.29, 0.717) is 23.6 Å². The zero-order valence-electron chi connectivity index (χ0n) is 12.7. The third kappa shape index (κ3) is 5.26. The molecule has 1 saturated heterocycles. The van der Waals surface area contributed by atoms with Gasteiger partial charge in [0.25, 0.3) is 0 Å². The number of hydrogen-bond acceptors (Lipinski definition) is 3. The maximum absolute atomic E-state index is 12.3. The van der Waals surface area contributed by atoms with Crippen LogP contribution in [0.4, 0.5) is 14.5 Å². The van der Waals surface area contributed by atoms with Crippen molar-refractivity contribution in [3.8, 4) is 5.75 Å². The van der Waals surface area contributed by atoms with Gasteiger partial charge >= 0.3 is 6.61 Å². The zero-order chi connectivity index (χ0) is 15.9. The summed E-state index contributed by atoms with van der Waals surface area (Å²) < 4.78 is 29.0. The van der Waals surface area contributed by atoms with E-state index in [-0.39, 0.29) is 11.7 Å². The normalized spacial score (nSPS) is 15.8. The molecule has 0 aliphatic carbocycles. The van der Waals surface area contributed by atoms with Gasteiger partial charge in [-0.05, 0) is 56.8 Å². The van der Waals surface area contributed by atoms with E-state index in [4.69, 9.17) is 0 Å². The molecule has 2 rings (SSSR count). The van der Waals surface area contributed by atoms with Gasteiger partial charge in [0, 0.05) is 18.2 Å². The van der Waals surface area contributed by atoms with Crippen LogP contribution in [0.15, 0.2) is 18.2 Å². The van der Waals surface area contributed by atoms with Crippen LogP contribution in [-0.4, -0.2) is 25.6 Å². The first kappa shape index (κ1) is 16.7. The number of hydrogen-bond donors (Lipinski definition) is 2. The van der Waals surface area contributed by atoms with E-state index in [2.05, 4.69) is 15.4 Å². The van der Waals surface area contributed by atoms with Crippen molar-refractivity contribution in [2.24, 2.45) is 5.92 Å². The van der Waals surface area contributed by atoms with Gasteiger partial charge in [-0.25, -0.2) is 0 Å². The molecule has 1 aliphatic heterocycles. The third-order valence-electron chi connectivity index (χ3n) is 3.93. The largest absolute Gasteiger partial charge is 0.434 e. The van der Waals surface area contributed by atoms with Gasteiger partial charge in [-0.15, -0.1) is 0 Å². The van der Waals surface area contributed by atoms with Crippen molar-refractivity contribution in [3.05, 3.63) is 23.8 Å². The van der Waals surface area contributed by atoms with Crippen LogP contribution < -0.4 is 15.4 Å². The molecule has 122 valence electrons. The molecule has 0 saturated carbocycles. The number of amides is 1. The molecule has 4 nitrogen and oxygen atoms in total. The SMILES string of the molecule is Cc1ccc(NC(=O)CCC2CCNCC2)cc1OC(F)F. The third-order valence-corrected chi connectivity index (χ3v) is 3.93. The second-order valence-corrected chi connectivity index (χ2v) is 5.64. The molecule has 1 fully saturated rings. The molecular weight excluding hydrogens is 290 g/mol. The average molecular weight is 312 g/mol. The molecule has 0 atom stereocenters. The molecule has 6 heteroatoms. The summed E-state index contributed by atoms with van der Waals surface area (Å²) in [5, 5.41) is 6.04. The fourth-order valence-corrected chi connectivity index (χ4v) is 2.63. The summed E-state index contributed by atoms with van der Waals surface area (Å²) in [6.07, 6.45) is 3.51.